The summed E-state index contributed by atoms with van der Waals surface area (Å²) in [6, 6.07) is 0. The lowest BCUT2D eigenvalue weighted by atomic mass is 10.1. The van der Waals surface area contributed by atoms with Gasteiger partial charge in [0, 0.05) is 0 Å². The molecule has 0 bridgehead atoms. The lowest BCUT2D eigenvalue weighted by molar-refractivity contribution is 0.577. The van der Waals surface area contributed by atoms with Gasteiger partial charge >= 0.3 is 0 Å². The highest BCUT2D eigenvalue weighted by Gasteiger charge is 1.90. The lowest BCUT2D eigenvalue weighted by Gasteiger charge is -1.99. The first-order valence-electron chi connectivity index (χ1n) is 8.86. The van der Waals surface area contributed by atoms with Crippen LogP contribution in [0.3, 0.4) is 0 Å². The van der Waals surface area contributed by atoms with Crippen molar-refractivity contribution >= 4 is 0 Å². The molecule has 20 heavy (non-hydrogen) atoms. The van der Waals surface area contributed by atoms with Crippen LogP contribution in [0.25, 0.3) is 0 Å². The van der Waals surface area contributed by atoms with E-state index in [1.54, 1.807) is 0 Å². The molecule has 0 rings (SSSR count). The maximum absolute atomic E-state index is 2.35. The first-order valence-corrected chi connectivity index (χ1v) is 8.86. The van der Waals surface area contributed by atoms with Gasteiger partial charge in [-0.05, 0) is 32.1 Å². The summed E-state index contributed by atoms with van der Waals surface area (Å²) >= 11 is 0. The molecule has 0 fully saturated rings. The minimum absolute atomic E-state index is 1.08. The Morgan fingerprint density at radius 2 is 1.00 bits per heavy atom. The Balaban J connectivity index is 3.17. The van der Waals surface area contributed by atoms with E-state index in [1.807, 2.05) is 0 Å². The molecule has 0 aromatic heterocycles. The zero-order chi connectivity index (χ0) is 14.7. The summed E-state index contributed by atoms with van der Waals surface area (Å²) in [6.07, 6.45) is 29.5. The molecule has 0 aliphatic heterocycles. The molecule has 0 atom stereocenters. The largest absolute Gasteiger partial charge is 0.0885 e. The van der Waals surface area contributed by atoms with Crippen LogP contribution in [-0.2, 0) is 0 Å². The van der Waals surface area contributed by atoms with Gasteiger partial charge in [-0.15, -0.1) is 0 Å². The molecule has 0 aromatic rings. The van der Waals surface area contributed by atoms with Crippen LogP contribution in [0, 0.1) is 0 Å². The van der Waals surface area contributed by atoms with E-state index in [9.17, 15) is 0 Å². The molecule has 0 saturated carbocycles. The van der Waals surface area contributed by atoms with Gasteiger partial charge in [0.05, 0.1) is 0 Å². The zero-order valence-corrected chi connectivity index (χ0v) is 13.9. The van der Waals surface area contributed by atoms with Crippen LogP contribution in [0.1, 0.15) is 90.9 Å². The molecule has 0 unspecified atom stereocenters. The predicted octanol–water partition coefficient (Wildman–Crippen LogP) is 7.38. The molecule has 116 valence electrons. The standard InChI is InChI=1S/C20H36/c1-3-5-7-9-11-13-15-17-19-20-18-16-14-12-10-8-6-4-2/h5,7,11,13,17,19H,3-4,6,8-10,12,14-16,18,20H2,1-2H3/b7-5-,13-11-,19-17-. The van der Waals surface area contributed by atoms with Gasteiger partial charge in [0.25, 0.3) is 0 Å². The molecular weight excluding hydrogens is 240 g/mol. The Labute approximate surface area is 128 Å². The summed E-state index contributed by atoms with van der Waals surface area (Å²) in [4.78, 5) is 0. The number of hydrogen-bond acceptors (Lipinski definition) is 0. The molecule has 0 saturated heterocycles. The summed E-state index contributed by atoms with van der Waals surface area (Å²) in [7, 11) is 0. The molecule has 0 aromatic carbocycles. The van der Waals surface area contributed by atoms with Crippen molar-refractivity contribution in [3.8, 4) is 0 Å². The molecule has 0 radical (unpaired) electrons. The van der Waals surface area contributed by atoms with E-state index in [1.165, 1.54) is 57.8 Å². The molecule has 0 amide bonds. The second-order valence-corrected chi connectivity index (χ2v) is 5.56. The predicted molar refractivity (Wildman–Crippen MR) is 94.2 cm³/mol. The van der Waals surface area contributed by atoms with Crippen LogP contribution in [0.5, 0.6) is 0 Å². The molecule has 0 heteroatoms. The second-order valence-electron chi connectivity index (χ2n) is 5.56. The molecular formula is C20H36. The van der Waals surface area contributed by atoms with Gasteiger partial charge in [-0.3, -0.25) is 0 Å². The van der Waals surface area contributed by atoms with Gasteiger partial charge in [0.2, 0.25) is 0 Å². The Kier molecular flexibility index (Phi) is 17.5. The normalized spacial score (nSPS) is 12.3. The second kappa shape index (κ2) is 18.2. The van der Waals surface area contributed by atoms with Crippen molar-refractivity contribution in [1.82, 2.24) is 0 Å². The number of hydrogen-bond donors (Lipinski definition) is 0. The van der Waals surface area contributed by atoms with E-state index >= 15 is 0 Å². The van der Waals surface area contributed by atoms with Crippen LogP contribution in [-0.4, -0.2) is 0 Å². The van der Waals surface area contributed by atoms with E-state index < -0.39 is 0 Å². The average molecular weight is 277 g/mol. The molecule has 0 heterocycles. The van der Waals surface area contributed by atoms with Gasteiger partial charge in [0.1, 0.15) is 0 Å². The first kappa shape index (κ1) is 19.2. The number of unbranched alkanes of at least 4 members (excludes halogenated alkanes) is 8. The number of allylic oxidation sites excluding steroid dienone is 6. The quantitative estimate of drug-likeness (QED) is 0.229. The van der Waals surface area contributed by atoms with Gasteiger partial charge in [-0.25, -0.2) is 0 Å². The van der Waals surface area contributed by atoms with Crippen molar-refractivity contribution in [2.75, 3.05) is 0 Å². The van der Waals surface area contributed by atoms with Crippen molar-refractivity contribution in [3.05, 3.63) is 36.5 Å². The summed E-state index contributed by atoms with van der Waals surface area (Å²) in [6.45, 7) is 4.46. The maximum Gasteiger partial charge on any atom is -0.0169 e. The Hall–Kier alpha value is -0.780. The molecule has 0 nitrogen and oxygen atoms in total. The minimum atomic E-state index is 1.08. The first-order chi connectivity index (χ1) is 9.91. The minimum Gasteiger partial charge on any atom is -0.0885 e. The fourth-order valence-corrected chi connectivity index (χ4v) is 2.22. The third kappa shape index (κ3) is 17.2. The van der Waals surface area contributed by atoms with Gasteiger partial charge in [-0.2, -0.15) is 0 Å². The van der Waals surface area contributed by atoms with E-state index in [4.69, 9.17) is 0 Å². The highest BCUT2D eigenvalue weighted by molar-refractivity contribution is 4.96. The maximum atomic E-state index is 2.35. The van der Waals surface area contributed by atoms with Crippen LogP contribution >= 0.6 is 0 Å². The smallest absolute Gasteiger partial charge is 0.0169 e. The van der Waals surface area contributed by atoms with E-state index in [0.717, 1.165) is 19.3 Å². The fraction of sp³-hybridized carbons (Fsp3) is 0.700. The van der Waals surface area contributed by atoms with E-state index in [0.29, 0.717) is 0 Å². The van der Waals surface area contributed by atoms with Crippen molar-refractivity contribution in [1.29, 1.82) is 0 Å². The molecule has 0 aliphatic rings. The Morgan fingerprint density at radius 1 is 0.500 bits per heavy atom. The Morgan fingerprint density at radius 3 is 1.60 bits per heavy atom. The summed E-state index contributed by atoms with van der Waals surface area (Å²) in [5.41, 5.74) is 0. The average Bonchev–Trinajstić information content (AvgIpc) is 2.47. The monoisotopic (exact) mass is 276 g/mol. The molecule has 0 aliphatic carbocycles. The molecule has 0 N–H and O–H groups in total. The SMILES string of the molecule is CC/C=C\C/C=C\C/C=C\CCCCCCCCCC. The zero-order valence-electron chi connectivity index (χ0n) is 13.9. The van der Waals surface area contributed by atoms with Gasteiger partial charge in [-0.1, -0.05) is 95.2 Å². The third-order valence-corrected chi connectivity index (χ3v) is 3.50. The van der Waals surface area contributed by atoms with E-state index in [2.05, 4.69) is 50.3 Å². The van der Waals surface area contributed by atoms with Crippen molar-refractivity contribution in [3.63, 3.8) is 0 Å². The Bertz CT molecular complexity index is 245. The highest BCUT2D eigenvalue weighted by Crippen LogP contribution is 2.09. The van der Waals surface area contributed by atoms with Gasteiger partial charge in [0.15, 0.2) is 0 Å². The van der Waals surface area contributed by atoms with Gasteiger partial charge < -0.3 is 0 Å². The van der Waals surface area contributed by atoms with Crippen LogP contribution < -0.4 is 0 Å². The van der Waals surface area contributed by atoms with Crippen LogP contribution in [0.2, 0.25) is 0 Å². The summed E-state index contributed by atoms with van der Waals surface area (Å²) < 4.78 is 0. The fourth-order valence-electron chi connectivity index (χ4n) is 2.22. The lowest BCUT2D eigenvalue weighted by Crippen LogP contribution is -1.79. The van der Waals surface area contributed by atoms with Crippen molar-refractivity contribution in [2.45, 2.75) is 90.9 Å². The van der Waals surface area contributed by atoms with Crippen LogP contribution in [0.4, 0.5) is 0 Å². The summed E-state index contributed by atoms with van der Waals surface area (Å²) in [5, 5.41) is 0. The van der Waals surface area contributed by atoms with Crippen LogP contribution in [0.15, 0.2) is 36.5 Å². The number of rotatable bonds is 14. The summed E-state index contributed by atoms with van der Waals surface area (Å²) in [5.74, 6) is 0. The topological polar surface area (TPSA) is 0 Å². The highest BCUT2D eigenvalue weighted by atomic mass is 14.0. The van der Waals surface area contributed by atoms with Crippen molar-refractivity contribution in [2.24, 2.45) is 0 Å². The third-order valence-electron chi connectivity index (χ3n) is 3.50. The molecule has 0 spiro atoms. The van der Waals surface area contributed by atoms with E-state index in [-0.39, 0.29) is 0 Å². The van der Waals surface area contributed by atoms with Crippen molar-refractivity contribution < 1.29 is 0 Å².